The lowest BCUT2D eigenvalue weighted by Gasteiger charge is -2.15. The Bertz CT molecular complexity index is 713. The molecule has 0 fully saturated rings. The summed E-state index contributed by atoms with van der Waals surface area (Å²) in [4.78, 5) is 14.2. The molecule has 0 aromatic heterocycles. The summed E-state index contributed by atoms with van der Waals surface area (Å²) >= 11 is 6.18. The van der Waals surface area contributed by atoms with E-state index in [2.05, 4.69) is 0 Å². The molecule has 3 rings (SSSR count). The van der Waals surface area contributed by atoms with E-state index in [-0.39, 0.29) is 12.5 Å². The standard InChI is InChI=1S/C17H16ClNO3/c1-22-14-4-2-11(3-5-14)8-19-9-13-6-12(10-20)7-15(18)16(13)17(19)21/h2-7,20H,8-10H2,1H3. The van der Waals surface area contributed by atoms with E-state index >= 15 is 0 Å². The van der Waals surface area contributed by atoms with Crippen molar-refractivity contribution in [2.75, 3.05) is 7.11 Å². The number of aliphatic hydroxyl groups excluding tert-OH is 1. The van der Waals surface area contributed by atoms with Crippen molar-refractivity contribution in [2.45, 2.75) is 19.7 Å². The molecule has 114 valence electrons. The molecule has 1 heterocycles. The highest BCUT2D eigenvalue weighted by Crippen LogP contribution is 2.31. The lowest BCUT2D eigenvalue weighted by Crippen LogP contribution is -2.23. The number of hydrogen-bond donors (Lipinski definition) is 1. The molecule has 1 amide bonds. The van der Waals surface area contributed by atoms with E-state index in [1.54, 1.807) is 18.1 Å². The first-order valence-electron chi connectivity index (χ1n) is 6.96. The van der Waals surface area contributed by atoms with E-state index < -0.39 is 0 Å². The molecule has 1 N–H and O–H groups in total. The molecule has 2 aromatic rings. The minimum atomic E-state index is -0.0837. The van der Waals surface area contributed by atoms with E-state index in [4.69, 9.17) is 16.3 Å². The Morgan fingerprint density at radius 3 is 2.59 bits per heavy atom. The first-order valence-corrected chi connectivity index (χ1v) is 7.34. The van der Waals surface area contributed by atoms with Gasteiger partial charge in [-0.3, -0.25) is 4.79 Å². The zero-order valence-corrected chi connectivity index (χ0v) is 12.9. The normalized spacial score (nSPS) is 13.4. The zero-order chi connectivity index (χ0) is 15.7. The molecular weight excluding hydrogens is 302 g/mol. The van der Waals surface area contributed by atoms with Crippen LogP contribution in [0.2, 0.25) is 5.02 Å². The van der Waals surface area contributed by atoms with Gasteiger partial charge in [-0.25, -0.2) is 0 Å². The van der Waals surface area contributed by atoms with Gasteiger partial charge in [-0.2, -0.15) is 0 Å². The Morgan fingerprint density at radius 1 is 1.23 bits per heavy atom. The second kappa shape index (κ2) is 5.99. The maximum Gasteiger partial charge on any atom is 0.256 e. The highest BCUT2D eigenvalue weighted by atomic mass is 35.5. The van der Waals surface area contributed by atoms with Crippen LogP contribution >= 0.6 is 11.6 Å². The number of halogens is 1. The quantitative estimate of drug-likeness (QED) is 0.943. The largest absolute Gasteiger partial charge is 0.497 e. The third kappa shape index (κ3) is 2.67. The van der Waals surface area contributed by atoms with Crippen LogP contribution in [0.4, 0.5) is 0 Å². The second-order valence-electron chi connectivity index (χ2n) is 5.28. The van der Waals surface area contributed by atoms with Crippen LogP contribution in [0.1, 0.15) is 27.0 Å². The van der Waals surface area contributed by atoms with Gasteiger partial charge in [0.05, 0.1) is 24.3 Å². The number of aliphatic hydroxyl groups is 1. The fraction of sp³-hybridized carbons (Fsp3) is 0.235. The van der Waals surface area contributed by atoms with E-state index in [0.29, 0.717) is 23.7 Å². The summed E-state index contributed by atoms with van der Waals surface area (Å²) in [7, 11) is 1.62. The highest BCUT2D eigenvalue weighted by molar-refractivity contribution is 6.34. The summed E-state index contributed by atoms with van der Waals surface area (Å²) in [5.41, 5.74) is 3.17. The number of carbonyl (C=O) groups is 1. The van der Waals surface area contributed by atoms with Gasteiger partial charge >= 0.3 is 0 Å². The number of carbonyl (C=O) groups excluding carboxylic acids is 1. The Hall–Kier alpha value is -2.04. The van der Waals surface area contributed by atoms with Crippen LogP contribution < -0.4 is 4.74 Å². The number of rotatable bonds is 4. The molecule has 1 aliphatic heterocycles. The molecule has 0 atom stereocenters. The van der Waals surface area contributed by atoms with Gasteiger partial charge in [-0.1, -0.05) is 29.8 Å². The van der Waals surface area contributed by atoms with Crippen molar-refractivity contribution in [1.82, 2.24) is 4.90 Å². The van der Waals surface area contributed by atoms with Crippen LogP contribution in [0, 0.1) is 0 Å². The smallest absolute Gasteiger partial charge is 0.256 e. The zero-order valence-electron chi connectivity index (χ0n) is 12.2. The average Bonchev–Trinajstić information content (AvgIpc) is 2.84. The van der Waals surface area contributed by atoms with Crippen molar-refractivity contribution < 1.29 is 14.6 Å². The monoisotopic (exact) mass is 317 g/mol. The second-order valence-corrected chi connectivity index (χ2v) is 5.69. The van der Waals surface area contributed by atoms with Gasteiger partial charge in [0.2, 0.25) is 0 Å². The Labute approximate surface area is 133 Å². The maximum atomic E-state index is 12.5. The first-order chi connectivity index (χ1) is 10.6. The Kier molecular flexibility index (Phi) is 4.05. The molecule has 0 radical (unpaired) electrons. The molecule has 0 unspecified atom stereocenters. The molecule has 4 nitrogen and oxygen atoms in total. The lowest BCUT2D eigenvalue weighted by atomic mass is 10.1. The van der Waals surface area contributed by atoms with Gasteiger partial charge in [0.1, 0.15) is 5.75 Å². The minimum absolute atomic E-state index is 0.0692. The van der Waals surface area contributed by atoms with Gasteiger partial charge in [0, 0.05) is 13.1 Å². The predicted octanol–water partition coefficient (Wildman–Crippen LogP) is 3.00. The lowest BCUT2D eigenvalue weighted by molar-refractivity contribution is 0.0767. The molecule has 0 spiro atoms. The summed E-state index contributed by atoms with van der Waals surface area (Å²) in [6.07, 6.45) is 0. The van der Waals surface area contributed by atoms with Crippen molar-refractivity contribution in [3.8, 4) is 5.75 Å². The Morgan fingerprint density at radius 2 is 1.95 bits per heavy atom. The van der Waals surface area contributed by atoms with Crippen LogP contribution in [0.5, 0.6) is 5.75 Å². The van der Waals surface area contributed by atoms with Crippen molar-refractivity contribution in [2.24, 2.45) is 0 Å². The van der Waals surface area contributed by atoms with Crippen LogP contribution in [0.3, 0.4) is 0 Å². The van der Waals surface area contributed by atoms with Gasteiger partial charge < -0.3 is 14.7 Å². The molecule has 0 saturated heterocycles. The number of ether oxygens (including phenoxy) is 1. The van der Waals surface area contributed by atoms with E-state index in [0.717, 1.165) is 22.4 Å². The summed E-state index contributed by atoms with van der Waals surface area (Å²) in [5, 5.41) is 9.65. The van der Waals surface area contributed by atoms with Crippen molar-refractivity contribution >= 4 is 17.5 Å². The van der Waals surface area contributed by atoms with Crippen LogP contribution in [0.25, 0.3) is 0 Å². The third-order valence-corrected chi connectivity index (χ3v) is 4.11. The summed E-state index contributed by atoms with van der Waals surface area (Å²) in [5.74, 6) is 0.718. The van der Waals surface area contributed by atoms with Gasteiger partial charge in [-0.15, -0.1) is 0 Å². The van der Waals surface area contributed by atoms with Crippen molar-refractivity contribution in [1.29, 1.82) is 0 Å². The van der Waals surface area contributed by atoms with Gasteiger partial charge in [-0.05, 0) is 34.9 Å². The van der Waals surface area contributed by atoms with Crippen LogP contribution in [-0.4, -0.2) is 23.0 Å². The fourth-order valence-electron chi connectivity index (χ4n) is 2.70. The summed E-state index contributed by atoms with van der Waals surface area (Å²) in [6.45, 7) is 0.940. The molecule has 0 saturated carbocycles. The van der Waals surface area contributed by atoms with Gasteiger partial charge in [0.15, 0.2) is 0 Å². The van der Waals surface area contributed by atoms with E-state index in [9.17, 15) is 9.90 Å². The fourth-order valence-corrected chi connectivity index (χ4v) is 3.04. The average molecular weight is 318 g/mol. The number of benzene rings is 2. The molecular formula is C17H16ClNO3. The van der Waals surface area contributed by atoms with Crippen molar-refractivity contribution in [3.05, 3.63) is 63.7 Å². The Balaban J connectivity index is 1.82. The molecule has 0 bridgehead atoms. The summed E-state index contributed by atoms with van der Waals surface area (Å²) in [6, 6.07) is 11.1. The molecule has 22 heavy (non-hydrogen) atoms. The SMILES string of the molecule is COc1ccc(CN2Cc3cc(CO)cc(Cl)c3C2=O)cc1. The highest BCUT2D eigenvalue weighted by Gasteiger charge is 2.30. The topological polar surface area (TPSA) is 49.8 Å². The molecule has 2 aromatic carbocycles. The number of methoxy groups -OCH3 is 1. The number of nitrogens with zero attached hydrogens (tertiary/aromatic N) is 1. The molecule has 0 aliphatic carbocycles. The van der Waals surface area contributed by atoms with E-state index in [1.165, 1.54) is 0 Å². The number of hydrogen-bond acceptors (Lipinski definition) is 3. The maximum absolute atomic E-state index is 12.5. The van der Waals surface area contributed by atoms with Crippen LogP contribution in [0.15, 0.2) is 36.4 Å². The minimum Gasteiger partial charge on any atom is -0.497 e. The number of fused-ring (bicyclic) bond motifs is 1. The van der Waals surface area contributed by atoms with Crippen molar-refractivity contribution in [3.63, 3.8) is 0 Å². The molecule has 5 heteroatoms. The number of amides is 1. The summed E-state index contributed by atoms with van der Waals surface area (Å²) < 4.78 is 5.13. The third-order valence-electron chi connectivity index (χ3n) is 3.81. The van der Waals surface area contributed by atoms with Gasteiger partial charge in [0.25, 0.3) is 5.91 Å². The predicted molar refractivity (Wildman–Crippen MR) is 83.9 cm³/mol. The first kappa shape index (κ1) is 14.9. The van der Waals surface area contributed by atoms with Crippen LogP contribution in [-0.2, 0) is 19.7 Å². The van der Waals surface area contributed by atoms with E-state index in [1.807, 2.05) is 30.3 Å². The molecule has 1 aliphatic rings.